The highest BCUT2D eigenvalue weighted by Crippen LogP contribution is 2.21. The van der Waals surface area contributed by atoms with Crippen LogP contribution in [0.15, 0.2) is 48.5 Å². The smallest absolute Gasteiger partial charge is 0.195 e. The second-order valence-corrected chi connectivity index (χ2v) is 9.22. The summed E-state index contributed by atoms with van der Waals surface area (Å²) in [4.78, 5) is 16.8. The molecule has 0 aliphatic carbocycles. The Morgan fingerprint density at radius 2 is 1.23 bits per heavy atom. The van der Waals surface area contributed by atoms with Gasteiger partial charge in [-0.2, -0.15) is 0 Å². The first kappa shape index (κ1) is 28.0. The molecular weight excluding hydrogens is 491 g/mol. The van der Waals surface area contributed by atoms with Crippen LogP contribution in [0.3, 0.4) is 0 Å². The van der Waals surface area contributed by atoms with Gasteiger partial charge in [-0.3, -0.25) is 14.6 Å². The number of halogens is 2. The fourth-order valence-corrected chi connectivity index (χ4v) is 3.96. The molecule has 0 radical (unpaired) electrons. The highest BCUT2D eigenvalue weighted by atomic mass is 35.5. The number of Topliss-reactive ketones (excluding diaryl/α,β-unsaturated/α-hetero) is 1. The first-order valence-electron chi connectivity index (χ1n) is 11.9. The zero-order valence-electron chi connectivity index (χ0n) is 19.9. The molecule has 2 aliphatic heterocycles. The molecule has 0 spiro atoms. The lowest BCUT2D eigenvalue weighted by Crippen LogP contribution is -2.40. The van der Waals surface area contributed by atoms with Gasteiger partial charge in [0, 0.05) is 54.9 Å². The zero-order chi connectivity index (χ0) is 24.9. The number of benzene rings is 2. The van der Waals surface area contributed by atoms with E-state index < -0.39 is 6.10 Å². The van der Waals surface area contributed by atoms with Crippen LogP contribution >= 0.6 is 23.2 Å². The van der Waals surface area contributed by atoms with E-state index in [0.717, 1.165) is 78.9 Å². The lowest BCUT2D eigenvalue weighted by atomic mass is 10.0. The number of ketones is 1. The van der Waals surface area contributed by atoms with Gasteiger partial charge in [-0.15, -0.1) is 0 Å². The summed E-state index contributed by atoms with van der Waals surface area (Å²) in [6.45, 7) is 11.4. The highest BCUT2D eigenvalue weighted by molar-refractivity contribution is 6.31. The normalized spacial score (nSPS) is 17.9. The third kappa shape index (κ3) is 10.1. The van der Waals surface area contributed by atoms with Crippen molar-refractivity contribution in [2.24, 2.45) is 0 Å². The van der Waals surface area contributed by atoms with E-state index in [-0.39, 0.29) is 5.78 Å². The van der Waals surface area contributed by atoms with E-state index in [1.165, 1.54) is 0 Å². The van der Waals surface area contributed by atoms with Gasteiger partial charge < -0.3 is 19.3 Å². The van der Waals surface area contributed by atoms with Crippen molar-refractivity contribution in [1.29, 1.82) is 0 Å². The van der Waals surface area contributed by atoms with Crippen LogP contribution in [0.2, 0.25) is 10.0 Å². The molecule has 2 aliphatic rings. The minimum absolute atomic E-state index is 0.367. The maximum absolute atomic E-state index is 12.0. The van der Waals surface area contributed by atoms with Crippen molar-refractivity contribution >= 4 is 29.0 Å². The molecule has 2 heterocycles. The Bertz CT molecular complexity index is 850. The van der Waals surface area contributed by atoms with Crippen molar-refractivity contribution < 1.29 is 24.1 Å². The molecule has 2 saturated heterocycles. The molecule has 192 valence electrons. The lowest BCUT2D eigenvalue weighted by molar-refractivity contribution is 0.00538. The topological polar surface area (TPSA) is 71.5 Å². The number of aliphatic hydroxyl groups is 1. The number of morpholine rings is 2. The van der Waals surface area contributed by atoms with E-state index in [1.54, 1.807) is 48.5 Å². The molecule has 0 amide bonds. The Hall–Kier alpha value is -1.55. The third-order valence-electron chi connectivity index (χ3n) is 5.87. The Labute approximate surface area is 217 Å². The van der Waals surface area contributed by atoms with Crippen LogP contribution in [0, 0.1) is 0 Å². The molecule has 1 unspecified atom stereocenters. The molecule has 2 aromatic rings. The summed E-state index contributed by atoms with van der Waals surface area (Å²) in [5.41, 5.74) is 0.932. The van der Waals surface area contributed by atoms with Crippen LogP contribution < -0.4 is 0 Å². The Kier molecular flexibility index (Phi) is 12.4. The number of hydrogen-bond donors (Lipinski definition) is 1. The molecule has 1 N–H and O–H groups in total. The summed E-state index contributed by atoms with van der Waals surface area (Å²) in [5, 5.41) is 11.1. The van der Waals surface area contributed by atoms with Gasteiger partial charge in [0.15, 0.2) is 5.78 Å². The average molecular weight is 525 g/mol. The fraction of sp³-hybridized carbons (Fsp3) is 0.500. The number of carbonyl (C=O) groups is 1. The Morgan fingerprint density at radius 3 is 1.69 bits per heavy atom. The number of carbonyl (C=O) groups excluding carboxylic acids is 1. The maximum atomic E-state index is 12.0. The Balaban J connectivity index is 0.000000196. The number of hydrogen-bond acceptors (Lipinski definition) is 7. The fourth-order valence-electron chi connectivity index (χ4n) is 3.71. The van der Waals surface area contributed by atoms with Gasteiger partial charge in [0.1, 0.15) is 6.10 Å². The minimum Gasteiger partial charge on any atom is -0.380 e. The summed E-state index contributed by atoms with van der Waals surface area (Å²) < 4.78 is 16.3. The number of rotatable bonds is 9. The van der Waals surface area contributed by atoms with Crippen LogP contribution in [0.25, 0.3) is 0 Å². The predicted molar refractivity (Wildman–Crippen MR) is 138 cm³/mol. The van der Waals surface area contributed by atoms with Gasteiger partial charge in [0.05, 0.1) is 39.6 Å². The van der Waals surface area contributed by atoms with E-state index in [4.69, 9.17) is 37.4 Å². The molecule has 4 rings (SSSR count). The predicted octanol–water partition coefficient (Wildman–Crippen LogP) is 3.58. The van der Waals surface area contributed by atoms with E-state index in [0.29, 0.717) is 21.2 Å². The second kappa shape index (κ2) is 15.5. The second-order valence-electron chi connectivity index (χ2n) is 8.35. The van der Waals surface area contributed by atoms with Crippen LogP contribution in [0.5, 0.6) is 0 Å². The SMILES string of the molecule is C1CN(CCOCCN2CCOCC2)CCO1.O=C(c1ccc(Cl)cc1)C(O)c1ccc(Cl)cc1. The zero-order valence-corrected chi connectivity index (χ0v) is 21.4. The highest BCUT2D eigenvalue weighted by Gasteiger charge is 2.19. The molecule has 2 fully saturated rings. The van der Waals surface area contributed by atoms with Crippen LogP contribution in [0.1, 0.15) is 22.0 Å². The van der Waals surface area contributed by atoms with Gasteiger partial charge in [0.25, 0.3) is 0 Å². The molecule has 2 aromatic carbocycles. The van der Waals surface area contributed by atoms with Gasteiger partial charge in [-0.25, -0.2) is 0 Å². The summed E-state index contributed by atoms with van der Waals surface area (Å²) in [5.74, 6) is -0.367. The van der Waals surface area contributed by atoms with Crippen molar-refractivity contribution in [3.63, 3.8) is 0 Å². The minimum atomic E-state index is -1.19. The Morgan fingerprint density at radius 1 is 0.800 bits per heavy atom. The summed E-state index contributed by atoms with van der Waals surface area (Å²) in [6, 6.07) is 12.9. The van der Waals surface area contributed by atoms with Gasteiger partial charge in [0.2, 0.25) is 0 Å². The maximum Gasteiger partial charge on any atom is 0.195 e. The van der Waals surface area contributed by atoms with Crippen LogP contribution in [-0.2, 0) is 14.2 Å². The molecule has 0 saturated carbocycles. The van der Waals surface area contributed by atoms with Crippen molar-refractivity contribution in [3.8, 4) is 0 Å². The lowest BCUT2D eigenvalue weighted by Gasteiger charge is -2.27. The molecule has 1 atom stereocenters. The summed E-state index contributed by atoms with van der Waals surface area (Å²) in [7, 11) is 0. The first-order valence-corrected chi connectivity index (χ1v) is 12.7. The van der Waals surface area contributed by atoms with Gasteiger partial charge in [-0.1, -0.05) is 35.3 Å². The van der Waals surface area contributed by atoms with E-state index in [2.05, 4.69) is 9.80 Å². The van der Waals surface area contributed by atoms with Crippen LogP contribution in [-0.4, -0.2) is 99.6 Å². The first-order chi connectivity index (χ1) is 17.0. The molecule has 0 aromatic heterocycles. The largest absolute Gasteiger partial charge is 0.380 e. The molecule has 9 heteroatoms. The summed E-state index contributed by atoms with van der Waals surface area (Å²) in [6.07, 6.45) is -1.19. The number of nitrogens with zero attached hydrogens (tertiary/aromatic N) is 2. The van der Waals surface area contributed by atoms with Crippen molar-refractivity contribution in [1.82, 2.24) is 9.80 Å². The van der Waals surface area contributed by atoms with Crippen LogP contribution in [0.4, 0.5) is 0 Å². The van der Waals surface area contributed by atoms with Crippen molar-refractivity contribution in [2.45, 2.75) is 6.10 Å². The number of aliphatic hydroxyl groups excluding tert-OH is 1. The van der Waals surface area contributed by atoms with E-state index in [1.807, 2.05) is 0 Å². The molecule has 0 bridgehead atoms. The number of ether oxygens (including phenoxy) is 3. The van der Waals surface area contributed by atoms with Gasteiger partial charge >= 0.3 is 0 Å². The molecular formula is C26H34Cl2N2O5. The molecule has 7 nitrogen and oxygen atoms in total. The van der Waals surface area contributed by atoms with E-state index in [9.17, 15) is 9.90 Å². The standard InChI is InChI=1S/C14H10Cl2O2.C12H24N2O3/c15-11-5-1-9(2-6-11)13(17)14(18)10-3-7-12(16)8-4-10;1-7-15-8-2-13(1)5-11-17-12-6-14-3-9-16-10-4-14/h1-8,13,17H;1-12H2. The van der Waals surface area contributed by atoms with Crippen molar-refractivity contribution in [3.05, 3.63) is 69.7 Å². The van der Waals surface area contributed by atoms with E-state index >= 15 is 0 Å². The summed E-state index contributed by atoms with van der Waals surface area (Å²) >= 11 is 11.5. The average Bonchev–Trinajstić information content (AvgIpc) is 2.90. The monoisotopic (exact) mass is 524 g/mol. The quantitative estimate of drug-likeness (QED) is 0.397. The third-order valence-corrected chi connectivity index (χ3v) is 6.38. The van der Waals surface area contributed by atoms with Crippen molar-refractivity contribution in [2.75, 3.05) is 78.9 Å². The molecule has 35 heavy (non-hydrogen) atoms. The van der Waals surface area contributed by atoms with Gasteiger partial charge in [-0.05, 0) is 42.0 Å².